The first-order chi connectivity index (χ1) is 16.4. The highest BCUT2D eigenvalue weighted by molar-refractivity contribution is 7.17. The summed E-state index contributed by atoms with van der Waals surface area (Å²) in [6, 6.07) is 11.8. The second-order valence-electron chi connectivity index (χ2n) is 9.08. The van der Waals surface area contributed by atoms with Crippen LogP contribution in [0, 0.1) is 18.8 Å². The highest BCUT2D eigenvalue weighted by atomic mass is 32.1. The standard InChI is InChI=1S/C27H32N2O4S/c1-4-28(21-8-6-5-7-18(21)2)26(31)17-29-22-13-14-34-25(22)16-23(29)24(30)15-19-9-11-20(12-10-19)27(32)33-3/h5-8,13-14,16,19-20H,4,9-12,15,17H2,1-3H3. The molecule has 0 spiro atoms. The Morgan fingerprint density at radius 1 is 1.12 bits per heavy atom. The fourth-order valence-electron chi connectivity index (χ4n) is 5.08. The number of amides is 1. The summed E-state index contributed by atoms with van der Waals surface area (Å²) in [7, 11) is 1.43. The molecule has 34 heavy (non-hydrogen) atoms. The molecule has 1 aromatic carbocycles. The van der Waals surface area contributed by atoms with Gasteiger partial charge in [-0.25, -0.2) is 0 Å². The minimum atomic E-state index is -0.147. The van der Waals surface area contributed by atoms with Crippen LogP contribution in [-0.4, -0.2) is 35.9 Å². The number of carbonyl (C=O) groups excluding carboxylic acids is 3. The van der Waals surface area contributed by atoms with E-state index in [9.17, 15) is 14.4 Å². The smallest absolute Gasteiger partial charge is 0.308 e. The molecule has 1 amide bonds. The van der Waals surface area contributed by atoms with Crippen LogP contribution in [0.25, 0.3) is 10.2 Å². The molecule has 2 aromatic heterocycles. The molecule has 180 valence electrons. The Balaban J connectivity index is 1.52. The van der Waals surface area contributed by atoms with Gasteiger partial charge in [0.15, 0.2) is 5.78 Å². The van der Waals surface area contributed by atoms with Crippen LogP contribution in [0.3, 0.4) is 0 Å². The number of carbonyl (C=O) groups is 3. The molecule has 1 saturated carbocycles. The van der Waals surface area contributed by atoms with Gasteiger partial charge < -0.3 is 14.2 Å². The third kappa shape index (κ3) is 4.94. The number of fused-ring (bicyclic) bond motifs is 1. The highest BCUT2D eigenvalue weighted by Crippen LogP contribution is 2.34. The van der Waals surface area contributed by atoms with Gasteiger partial charge in [0, 0.05) is 18.7 Å². The van der Waals surface area contributed by atoms with Crippen LogP contribution in [0.5, 0.6) is 0 Å². The molecule has 4 rings (SSSR count). The number of benzene rings is 1. The maximum Gasteiger partial charge on any atom is 0.308 e. The quantitative estimate of drug-likeness (QED) is 0.310. The maximum absolute atomic E-state index is 13.4. The molecule has 0 saturated heterocycles. The van der Waals surface area contributed by atoms with E-state index >= 15 is 0 Å². The van der Waals surface area contributed by atoms with Gasteiger partial charge in [-0.2, -0.15) is 0 Å². The van der Waals surface area contributed by atoms with Crippen molar-refractivity contribution in [2.24, 2.45) is 11.8 Å². The number of methoxy groups -OCH3 is 1. The van der Waals surface area contributed by atoms with Gasteiger partial charge in [-0.15, -0.1) is 11.3 Å². The number of nitrogens with zero attached hydrogens (tertiary/aromatic N) is 2. The Morgan fingerprint density at radius 3 is 2.53 bits per heavy atom. The Bertz CT molecular complexity index is 1190. The van der Waals surface area contributed by atoms with E-state index < -0.39 is 0 Å². The topological polar surface area (TPSA) is 68.6 Å². The van der Waals surface area contributed by atoms with E-state index in [0.29, 0.717) is 18.7 Å². The second-order valence-corrected chi connectivity index (χ2v) is 10.0. The number of rotatable bonds is 8. The van der Waals surface area contributed by atoms with Gasteiger partial charge >= 0.3 is 5.97 Å². The molecule has 1 aliphatic rings. The largest absolute Gasteiger partial charge is 0.469 e. The van der Waals surface area contributed by atoms with Crippen LogP contribution in [0.4, 0.5) is 5.69 Å². The van der Waals surface area contributed by atoms with Crippen molar-refractivity contribution in [2.75, 3.05) is 18.6 Å². The number of esters is 1. The Kier molecular flexibility index (Phi) is 7.51. The molecule has 1 aliphatic carbocycles. The fourth-order valence-corrected chi connectivity index (χ4v) is 5.90. The fraction of sp³-hybridized carbons (Fsp3) is 0.444. The Morgan fingerprint density at radius 2 is 1.85 bits per heavy atom. The molecule has 1 fully saturated rings. The summed E-state index contributed by atoms with van der Waals surface area (Å²) in [5, 5.41) is 1.99. The third-order valence-corrected chi connectivity index (χ3v) is 7.83. The number of Topliss-reactive ketones (excluding diaryl/α,β-unsaturated/α-hetero) is 1. The van der Waals surface area contributed by atoms with Crippen LogP contribution < -0.4 is 4.90 Å². The van der Waals surface area contributed by atoms with Gasteiger partial charge in [0.2, 0.25) is 5.91 Å². The monoisotopic (exact) mass is 480 g/mol. The first-order valence-electron chi connectivity index (χ1n) is 12.0. The normalized spacial score (nSPS) is 18.1. The van der Waals surface area contributed by atoms with E-state index in [0.717, 1.165) is 47.2 Å². The lowest BCUT2D eigenvalue weighted by Gasteiger charge is -2.26. The van der Waals surface area contributed by atoms with E-state index in [2.05, 4.69) is 0 Å². The number of ether oxygens (including phenoxy) is 1. The molecule has 0 N–H and O–H groups in total. The van der Waals surface area contributed by atoms with E-state index in [4.69, 9.17) is 4.74 Å². The maximum atomic E-state index is 13.4. The van der Waals surface area contributed by atoms with Crippen molar-refractivity contribution in [2.45, 2.75) is 52.5 Å². The zero-order valence-electron chi connectivity index (χ0n) is 20.1. The molecule has 0 radical (unpaired) electrons. The lowest BCUT2D eigenvalue weighted by molar-refractivity contribution is -0.146. The molecular weight excluding hydrogens is 448 g/mol. The minimum absolute atomic E-state index is 0.0341. The summed E-state index contributed by atoms with van der Waals surface area (Å²) >= 11 is 1.58. The number of hydrogen-bond donors (Lipinski definition) is 0. The minimum Gasteiger partial charge on any atom is -0.469 e. The molecule has 0 aliphatic heterocycles. The molecule has 0 unspecified atom stereocenters. The summed E-state index contributed by atoms with van der Waals surface area (Å²) in [6.07, 6.45) is 3.66. The van der Waals surface area contributed by atoms with Crippen LogP contribution in [0.2, 0.25) is 0 Å². The van der Waals surface area contributed by atoms with Crippen LogP contribution in [0.1, 0.15) is 55.1 Å². The predicted molar refractivity (Wildman–Crippen MR) is 135 cm³/mol. The number of anilines is 1. The number of para-hydroxylation sites is 1. The first kappa shape index (κ1) is 24.2. The van der Waals surface area contributed by atoms with Crippen LogP contribution in [-0.2, 0) is 20.9 Å². The zero-order valence-corrected chi connectivity index (χ0v) is 20.9. The van der Waals surface area contributed by atoms with Crippen molar-refractivity contribution in [3.8, 4) is 0 Å². The van der Waals surface area contributed by atoms with E-state index in [1.54, 1.807) is 16.2 Å². The number of thiophene rings is 1. The van der Waals surface area contributed by atoms with Crippen molar-refractivity contribution >= 4 is 44.9 Å². The van der Waals surface area contributed by atoms with E-state index in [1.807, 2.05) is 60.2 Å². The SMILES string of the molecule is CCN(C(=O)Cn1c(C(=O)CC2CCC(C(=O)OC)CC2)cc2sccc21)c1ccccc1C. The van der Waals surface area contributed by atoms with Crippen molar-refractivity contribution in [1.29, 1.82) is 0 Å². The molecule has 0 bridgehead atoms. The molecule has 2 heterocycles. The summed E-state index contributed by atoms with van der Waals surface area (Å²) in [5.74, 6) is 0.0885. The van der Waals surface area contributed by atoms with Gasteiger partial charge in [0.1, 0.15) is 6.54 Å². The number of ketones is 1. The first-order valence-corrected chi connectivity index (χ1v) is 12.8. The number of aromatic nitrogens is 1. The number of hydrogen-bond acceptors (Lipinski definition) is 5. The van der Waals surface area contributed by atoms with Crippen molar-refractivity contribution in [3.05, 3.63) is 53.0 Å². The summed E-state index contributed by atoms with van der Waals surface area (Å²) in [4.78, 5) is 40.4. The van der Waals surface area contributed by atoms with Gasteiger partial charge in [-0.1, -0.05) is 18.2 Å². The van der Waals surface area contributed by atoms with Gasteiger partial charge in [0.05, 0.1) is 28.9 Å². The third-order valence-electron chi connectivity index (χ3n) is 6.98. The predicted octanol–water partition coefficient (Wildman–Crippen LogP) is 5.62. The Hall–Kier alpha value is -2.93. The molecular formula is C27H32N2O4S. The zero-order chi connectivity index (χ0) is 24.2. The molecule has 7 heteroatoms. The van der Waals surface area contributed by atoms with E-state index in [-0.39, 0.29) is 36.0 Å². The van der Waals surface area contributed by atoms with E-state index in [1.165, 1.54) is 7.11 Å². The number of aryl methyl sites for hydroxylation is 1. The number of likely N-dealkylation sites (N-methyl/N-ethyl adjacent to an activating group) is 1. The van der Waals surface area contributed by atoms with Crippen molar-refractivity contribution in [1.82, 2.24) is 4.57 Å². The Labute approximate surface area is 204 Å². The second kappa shape index (κ2) is 10.6. The highest BCUT2D eigenvalue weighted by Gasteiger charge is 2.29. The average molecular weight is 481 g/mol. The van der Waals surface area contributed by atoms with Gasteiger partial charge in [0.25, 0.3) is 0 Å². The lowest BCUT2D eigenvalue weighted by Crippen LogP contribution is -2.34. The van der Waals surface area contributed by atoms with Gasteiger partial charge in [-0.05, 0) is 74.6 Å². The average Bonchev–Trinajstić information content (AvgIpc) is 3.43. The molecule has 0 atom stereocenters. The lowest BCUT2D eigenvalue weighted by atomic mass is 9.79. The summed E-state index contributed by atoms with van der Waals surface area (Å²) in [5.41, 5.74) is 3.48. The summed E-state index contributed by atoms with van der Waals surface area (Å²) < 4.78 is 7.78. The molecule has 3 aromatic rings. The van der Waals surface area contributed by atoms with Crippen LogP contribution in [0.15, 0.2) is 41.8 Å². The van der Waals surface area contributed by atoms with Crippen molar-refractivity contribution < 1.29 is 19.1 Å². The molecule has 6 nitrogen and oxygen atoms in total. The summed E-state index contributed by atoms with van der Waals surface area (Å²) in [6.45, 7) is 4.65. The van der Waals surface area contributed by atoms with Crippen LogP contribution >= 0.6 is 11.3 Å². The van der Waals surface area contributed by atoms with Crippen molar-refractivity contribution in [3.63, 3.8) is 0 Å². The van der Waals surface area contributed by atoms with Gasteiger partial charge in [-0.3, -0.25) is 14.4 Å².